The Balaban J connectivity index is 1.50. The van der Waals surface area contributed by atoms with Gasteiger partial charge in [0, 0.05) is 30.6 Å². The van der Waals surface area contributed by atoms with Gasteiger partial charge in [-0.2, -0.15) is 26.3 Å². The van der Waals surface area contributed by atoms with Crippen LogP contribution in [0.2, 0.25) is 0 Å². The number of amides is 1. The van der Waals surface area contributed by atoms with Gasteiger partial charge in [0.25, 0.3) is 5.56 Å². The van der Waals surface area contributed by atoms with Crippen LogP contribution < -0.4 is 10.9 Å². The molecular formula is C26H23F7N4O2. The summed E-state index contributed by atoms with van der Waals surface area (Å²) in [7, 11) is 0. The summed E-state index contributed by atoms with van der Waals surface area (Å²) < 4.78 is 95.6. The quantitative estimate of drug-likeness (QED) is 0.413. The highest BCUT2D eigenvalue weighted by Gasteiger charge is 2.38. The van der Waals surface area contributed by atoms with E-state index < -0.39 is 70.3 Å². The Bertz CT molecular complexity index is 1380. The van der Waals surface area contributed by atoms with E-state index in [9.17, 15) is 35.9 Å². The molecule has 1 saturated heterocycles. The van der Waals surface area contributed by atoms with Crippen molar-refractivity contribution in [3.05, 3.63) is 87.1 Å². The van der Waals surface area contributed by atoms with Gasteiger partial charge in [0.2, 0.25) is 5.91 Å². The molecule has 1 fully saturated rings. The van der Waals surface area contributed by atoms with Crippen molar-refractivity contribution in [2.75, 3.05) is 13.1 Å². The minimum Gasteiger partial charge on any atom is -0.352 e. The van der Waals surface area contributed by atoms with Crippen LogP contribution in [0.25, 0.3) is 11.4 Å². The molecule has 0 saturated carbocycles. The molecule has 0 atom stereocenters. The number of carbonyl (C=O) groups excluding carboxylic acids is 1. The monoisotopic (exact) mass is 556 g/mol. The molecule has 39 heavy (non-hydrogen) atoms. The minimum atomic E-state index is -5.17. The molecule has 0 spiro atoms. The van der Waals surface area contributed by atoms with E-state index in [1.807, 2.05) is 30.3 Å². The fourth-order valence-corrected chi connectivity index (χ4v) is 4.47. The van der Waals surface area contributed by atoms with Crippen LogP contribution in [0.1, 0.15) is 35.2 Å². The second-order valence-corrected chi connectivity index (χ2v) is 9.19. The van der Waals surface area contributed by atoms with Crippen LogP contribution in [-0.4, -0.2) is 33.9 Å². The van der Waals surface area contributed by atoms with Crippen molar-refractivity contribution in [1.29, 1.82) is 0 Å². The number of piperidine rings is 1. The number of benzene rings is 2. The van der Waals surface area contributed by atoms with E-state index in [1.165, 1.54) is 0 Å². The third-order valence-electron chi connectivity index (χ3n) is 6.46. The van der Waals surface area contributed by atoms with Crippen molar-refractivity contribution >= 4 is 5.91 Å². The molecule has 2 aromatic carbocycles. The first-order chi connectivity index (χ1) is 18.3. The maximum absolute atomic E-state index is 15.4. The lowest BCUT2D eigenvalue weighted by Crippen LogP contribution is -2.40. The lowest BCUT2D eigenvalue weighted by molar-refractivity contribution is -0.141. The average molecular weight is 556 g/mol. The average Bonchev–Trinajstić information content (AvgIpc) is 2.87. The van der Waals surface area contributed by atoms with Crippen molar-refractivity contribution in [2.45, 2.75) is 38.3 Å². The first kappa shape index (κ1) is 28.3. The van der Waals surface area contributed by atoms with Gasteiger partial charge in [-0.3, -0.25) is 14.5 Å². The number of aromatic nitrogens is 2. The van der Waals surface area contributed by atoms with Crippen LogP contribution in [-0.2, 0) is 30.2 Å². The maximum atomic E-state index is 15.4. The maximum Gasteiger partial charge on any atom is 0.433 e. The highest BCUT2D eigenvalue weighted by molar-refractivity contribution is 5.78. The summed E-state index contributed by atoms with van der Waals surface area (Å²) in [5, 5.41) is 2.51. The Labute approximate surface area is 217 Å². The van der Waals surface area contributed by atoms with E-state index in [1.54, 1.807) is 4.98 Å². The van der Waals surface area contributed by atoms with Gasteiger partial charge in [-0.25, -0.2) is 9.37 Å². The molecule has 3 aromatic rings. The molecule has 1 aliphatic heterocycles. The number of alkyl halides is 6. The van der Waals surface area contributed by atoms with Gasteiger partial charge in [0.05, 0.1) is 11.1 Å². The van der Waals surface area contributed by atoms with Gasteiger partial charge in [0.15, 0.2) is 5.69 Å². The van der Waals surface area contributed by atoms with E-state index in [4.69, 9.17) is 0 Å². The van der Waals surface area contributed by atoms with Crippen LogP contribution in [0.3, 0.4) is 0 Å². The number of H-pyrrole nitrogens is 1. The molecule has 0 unspecified atom stereocenters. The van der Waals surface area contributed by atoms with Gasteiger partial charge < -0.3 is 10.3 Å². The molecule has 2 heterocycles. The molecule has 4 rings (SSSR count). The van der Waals surface area contributed by atoms with E-state index in [2.05, 4.69) is 15.2 Å². The molecular weight excluding hydrogens is 533 g/mol. The first-order valence-electron chi connectivity index (χ1n) is 11.9. The molecule has 13 heteroatoms. The molecule has 1 aromatic heterocycles. The number of nitrogens with one attached hydrogen (secondary N) is 2. The minimum absolute atomic E-state index is 0.0594. The molecule has 0 aliphatic carbocycles. The number of hydrogen-bond donors (Lipinski definition) is 2. The van der Waals surface area contributed by atoms with E-state index in [-0.39, 0.29) is 6.07 Å². The highest BCUT2D eigenvalue weighted by atomic mass is 19.4. The van der Waals surface area contributed by atoms with Gasteiger partial charge in [-0.05, 0) is 37.6 Å². The summed E-state index contributed by atoms with van der Waals surface area (Å²) in [6.07, 6.45) is -9.28. The van der Waals surface area contributed by atoms with Crippen molar-refractivity contribution in [3.8, 4) is 11.4 Å². The number of nitrogens with zero attached hydrogens (tertiary/aromatic N) is 2. The summed E-state index contributed by atoms with van der Waals surface area (Å²) in [6.45, 7) is 1.49. The second kappa shape index (κ2) is 11.2. The molecule has 2 N–H and O–H groups in total. The highest BCUT2D eigenvalue weighted by Crippen LogP contribution is 2.39. The predicted octanol–water partition coefficient (Wildman–Crippen LogP) is 5.14. The standard InChI is InChI=1S/C26H23F7N4O2/c27-22-17(13-34-24(39)16-8-10-37(11-9-16)14-15-4-2-1-3-5-15)6-7-18(25(28,29)30)21(22)23-35-19(26(31,32)33)12-20(38)36-23/h1-7,12,16H,8-11,13-14H2,(H,34,39)(H,35,36,38). The van der Waals surface area contributed by atoms with Crippen LogP contribution in [0.5, 0.6) is 0 Å². The molecule has 208 valence electrons. The number of aromatic amines is 1. The zero-order chi connectivity index (χ0) is 28.4. The SMILES string of the molecule is O=C(NCc1ccc(C(F)(F)F)c(-c2nc(C(F)(F)F)cc(=O)[nH]2)c1F)C1CCN(Cc2ccccc2)CC1. The van der Waals surface area contributed by atoms with Crippen LogP contribution in [0, 0.1) is 11.7 Å². The van der Waals surface area contributed by atoms with E-state index >= 15 is 4.39 Å². The Kier molecular flexibility index (Phi) is 8.09. The number of hydrogen-bond acceptors (Lipinski definition) is 4. The zero-order valence-electron chi connectivity index (χ0n) is 20.3. The predicted molar refractivity (Wildman–Crippen MR) is 127 cm³/mol. The largest absolute Gasteiger partial charge is 0.433 e. The Morgan fingerprint density at radius 2 is 1.67 bits per heavy atom. The topological polar surface area (TPSA) is 78.1 Å². The van der Waals surface area contributed by atoms with Gasteiger partial charge in [-0.1, -0.05) is 36.4 Å². The smallest absolute Gasteiger partial charge is 0.352 e. The summed E-state index contributed by atoms with van der Waals surface area (Å²) >= 11 is 0. The van der Waals surface area contributed by atoms with Crippen LogP contribution >= 0.6 is 0 Å². The number of rotatable bonds is 6. The second-order valence-electron chi connectivity index (χ2n) is 9.19. The first-order valence-corrected chi connectivity index (χ1v) is 11.9. The van der Waals surface area contributed by atoms with Crippen molar-refractivity contribution in [1.82, 2.24) is 20.2 Å². The van der Waals surface area contributed by atoms with E-state index in [0.717, 1.165) is 18.2 Å². The zero-order valence-corrected chi connectivity index (χ0v) is 20.3. The van der Waals surface area contributed by atoms with Gasteiger partial charge >= 0.3 is 12.4 Å². The molecule has 0 bridgehead atoms. The summed E-state index contributed by atoms with van der Waals surface area (Å²) in [6, 6.07) is 11.1. The Morgan fingerprint density at radius 1 is 1.00 bits per heavy atom. The molecule has 1 amide bonds. The van der Waals surface area contributed by atoms with E-state index in [0.29, 0.717) is 32.0 Å². The summed E-state index contributed by atoms with van der Waals surface area (Å²) in [5.74, 6) is -3.58. The van der Waals surface area contributed by atoms with Crippen molar-refractivity contribution < 1.29 is 35.5 Å². The van der Waals surface area contributed by atoms with Crippen molar-refractivity contribution in [3.63, 3.8) is 0 Å². The fourth-order valence-electron chi connectivity index (χ4n) is 4.47. The summed E-state index contributed by atoms with van der Waals surface area (Å²) in [5.41, 5.74) is -5.42. The van der Waals surface area contributed by atoms with Gasteiger partial charge in [0.1, 0.15) is 11.6 Å². The van der Waals surface area contributed by atoms with Crippen LogP contribution in [0.4, 0.5) is 30.7 Å². The molecule has 1 aliphatic rings. The number of likely N-dealkylation sites (tertiary alicyclic amines) is 1. The van der Waals surface area contributed by atoms with Crippen LogP contribution in [0.15, 0.2) is 53.3 Å². The Hall–Kier alpha value is -3.74. The normalized spacial score (nSPS) is 15.4. The van der Waals surface area contributed by atoms with Crippen molar-refractivity contribution in [2.24, 2.45) is 5.92 Å². The molecule has 6 nitrogen and oxygen atoms in total. The third-order valence-corrected chi connectivity index (χ3v) is 6.46. The number of carbonyl (C=O) groups is 1. The number of halogens is 7. The Morgan fingerprint density at radius 3 is 2.28 bits per heavy atom. The van der Waals surface area contributed by atoms with Gasteiger partial charge in [-0.15, -0.1) is 0 Å². The fraction of sp³-hybridized carbons (Fsp3) is 0.346. The molecule has 0 radical (unpaired) electrons. The lowest BCUT2D eigenvalue weighted by Gasteiger charge is -2.31. The summed E-state index contributed by atoms with van der Waals surface area (Å²) in [4.78, 5) is 31.4. The lowest BCUT2D eigenvalue weighted by atomic mass is 9.95. The third kappa shape index (κ3) is 6.83.